The summed E-state index contributed by atoms with van der Waals surface area (Å²) in [4.78, 5) is 12.4. The molecule has 0 radical (unpaired) electrons. The molecule has 2 aromatic carbocycles. The monoisotopic (exact) mass is 434 g/mol. The summed E-state index contributed by atoms with van der Waals surface area (Å²) in [6.07, 6.45) is 0. The Labute approximate surface area is 172 Å². The Kier molecular flexibility index (Phi) is 4.85. The first-order chi connectivity index (χ1) is 14.2. The molecular formula is C21H14F4N2O2S. The van der Waals surface area contributed by atoms with Crippen LogP contribution in [-0.2, 0) is 4.79 Å². The molecule has 1 N–H and O–H groups in total. The number of hydrogen-bond acceptors (Lipinski definition) is 4. The van der Waals surface area contributed by atoms with Crippen LogP contribution in [0.25, 0.3) is 0 Å². The average Bonchev–Trinajstić information content (AvgIpc) is 3.29. The highest BCUT2D eigenvalue weighted by Crippen LogP contribution is 2.46. The van der Waals surface area contributed by atoms with E-state index in [9.17, 15) is 27.5 Å². The highest BCUT2D eigenvalue weighted by molar-refractivity contribution is 7.08. The lowest BCUT2D eigenvalue weighted by molar-refractivity contribution is -0.142. The molecule has 0 amide bonds. The normalized spacial score (nSPS) is 21.0. The summed E-state index contributed by atoms with van der Waals surface area (Å²) >= 11 is 1.30. The summed E-state index contributed by atoms with van der Waals surface area (Å²) in [7, 11) is 0. The molecule has 2 heterocycles. The number of hydrazone groups is 1. The van der Waals surface area contributed by atoms with E-state index in [1.165, 1.54) is 18.3 Å². The van der Waals surface area contributed by atoms with Gasteiger partial charge in [0.1, 0.15) is 17.5 Å². The number of thiophene rings is 1. The third-order valence-electron chi connectivity index (χ3n) is 5.14. The zero-order chi connectivity index (χ0) is 21.6. The van der Waals surface area contributed by atoms with E-state index in [0.717, 1.165) is 29.3 Å². The predicted octanol–water partition coefficient (Wildman–Crippen LogP) is 5.16. The fourth-order valence-corrected chi connectivity index (χ4v) is 4.34. The highest BCUT2D eigenvalue weighted by Gasteiger charge is 2.56. The first-order valence-electron chi connectivity index (χ1n) is 8.78. The van der Waals surface area contributed by atoms with Crippen molar-refractivity contribution in [3.63, 3.8) is 0 Å². The molecule has 4 nitrogen and oxygen atoms in total. The van der Waals surface area contributed by atoms with Crippen LogP contribution >= 0.6 is 11.3 Å². The SMILES string of the molecule is CC1(C(=O)O)C(c2ccsc2)C(c2ccc(F)cc2F)=NN1c1ccc(F)cc1F. The minimum atomic E-state index is -1.87. The topological polar surface area (TPSA) is 52.9 Å². The molecule has 2 atom stereocenters. The van der Waals surface area contributed by atoms with Crippen molar-refractivity contribution in [2.45, 2.75) is 18.4 Å². The van der Waals surface area contributed by atoms with Crippen LogP contribution in [0.2, 0.25) is 0 Å². The summed E-state index contributed by atoms with van der Waals surface area (Å²) in [5, 5.41) is 18.7. The van der Waals surface area contributed by atoms with E-state index in [1.807, 2.05) is 0 Å². The number of hydrogen-bond donors (Lipinski definition) is 1. The lowest BCUT2D eigenvalue weighted by Crippen LogP contribution is -2.52. The molecule has 0 aliphatic carbocycles. The standard InChI is InChI=1S/C21H14F4N2O2S/c1-21(20(28)29)18(11-6-7-30-10-11)19(14-4-2-12(22)8-15(14)24)26-27(21)17-5-3-13(23)9-16(17)25/h2-10,18H,1H3,(H,28,29). The van der Waals surface area contributed by atoms with Crippen molar-refractivity contribution in [3.05, 3.63) is 87.6 Å². The average molecular weight is 434 g/mol. The van der Waals surface area contributed by atoms with Gasteiger partial charge in [-0.05, 0) is 53.6 Å². The second-order valence-electron chi connectivity index (χ2n) is 6.96. The molecule has 1 aliphatic heterocycles. The summed E-state index contributed by atoms with van der Waals surface area (Å²) in [6, 6.07) is 7.19. The van der Waals surface area contributed by atoms with Crippen molar-refractivity contribution in [2.75, 3.05) is 5.01 Å². The number of carboxylic acids is 1. The van der Waals surface area contributed by atoms with Gasteiger partial charge in [-0.15, -0.1) is 0 Å². The van der Waals surface area contributed by atoms with E-state index in [0.29, 0.717) is 17.7 Å². The quantitative estimate of drug-likeness (QED) is 0.578. The molecule has 0 saturated carbocycles. The van der Waals surface area contributed by atoms with E-state index in [1.54, 1.807) is 16.8 Å². The van der Waals surface area contributed by atoms with Gasteiger partial charge < -0.3 is 5.11 Å². The molecule has 1 aliphatic rings. The lowest BCUT2D eigenvalue weighted by Gasteiger charge is -2.35. The van der Waals surface area contributed by atoms with Crippen LogP contribution in [0, 0.1) is 23.3 Å². The van der Waals surface area contributed by atoms with E-state index in [4.69, 9.17) is 0 Å². The van der Waals surface area contributed by atoms with Crippen molar-refractivity contribution in [3.8, 4) is 0 Å². The van der Waals surface area contributed by atoms with Gasteiger partial charge in [0, 0.05) is 17.7 Å². The Bertz CT molecular complexity index is 1170. The summed E-state index contributed by atoms with van der Waals surface area (Å²) < 4.78 is 56.1. The molecule has 4 rings (SSSR count). The van der Waals surface area contributed by atoms with Gasteiger partial charge in [0.05, 0.1) is 17.3 Å². The fourth-order valence-electron chi connectivity index (χ4n) is 3.66. The number of carboxylic acid groups (broad SMARTS) is 1. The number of rotatable bonds is 4. The van der Waals surface area contributed by atoms with Crippen LogP contribution in [0.3, 0.4) is 0 Å². The maximum Gasteiger partial charge on any atom is 0.332 e. The van der Waals surface area contributed by atoms with E-state index in [-0.39, 0.29) is 17.0 Å². The van der Waals surface area contributed by atoms with Gasteiger partial charge in [-0.1, -0.05) is 0 Å². The zero-order valence-corrected chi connectivity index (χ0v) is 16.3. The Balaban J connectivity index is 1.99. The third-order valence-corrected chi connectivity index (χ3v) is 5.84. The van der Waals surface area contributed by atoms with Crippen molar-refractivity contribution >= 4 is 28.7 Å². The van der Waals surface area contributed by atoms with Gasteiger partial charge in [-0.3, -0.25) is 0 Å². The zero-order valence-electron chi connectivity index (χ0n) is 15.4. The van der Waals surface area contributed by atoms with Crippen LogP contribution in [0.1, 0.15) is 24.0 Å². The molecule has 1 aromatic heterocycles. The first kappa shape index (κ1) is 20.1. The van der Waals surface area contributed by atoms with Crippen LogP contribution in [0.15, 0.2) is 58.3 Å². The molecular weight excluding hydrogens is 420 g/mol. The summed E-state index contributed by atoms with van der Waals surface area (Å²) in [5.41, 5.74) is -1.73. The van der Waals surface area contributed by atoms with Gasteiger partial charge in [0.2, 0.25) is 0 Å². The molecule has 0 saturated heterocycles. The minimum absolute atomic E-state index is 0.000440. The number of anilines is 1. The molecule has 2 unspecified atom stereocenters. The van der Waals surface area contributed by atoms with Crippen LogP contribution in [-0.4, -0.2) is 22.3 Å². The van der Waals surface area contributed by atoms with Crippen LogP contribution in [0.4, 0.5) is 23.2 Å². The van der Waals surface area contributed by atoms with Gasteiger partial charge in [0.25, 0.3) is 0 Å². The number of carbonyl (C=O) groups is 1. The lowest BCUT2D eigenvalue weighted by atomic mass is 9.77. The fraction of sp³-hybridized carbons (Fsp3) is 0.143. The molecule has 3 aromatic rings. The van der Waals surface area contributed by atoms with E-state index >= 15 is 0 Å². The maximum absolute atomic E-state index is 14.6. The Hall–Kier alpha value is -3.20. The smallest absolute Gasteiger partial charge is 0.332 e. The summed E-state index contributed by atoms with van der Waals surface area (Å²) in [5.74, 6) is -5.94. The number of aliphatic carboxylic acids is 1. The van der Waals surface area contributed by atoms with Crippen LogP contribution in [0.5, 0.6) is 0 Å². The molecule has 0 fully saturated rings. The highest BCUT2D eigenvalue weighted by atomic mass is 32.1. The third kappa shape index (κ3) is 3.06. The number of halogens is 4. The molecule has 9 heteroatoms. The van der Waals surface area contributed by atoms with E-state index < -0.39 is 40.7 Å². The van der Waals surface area contributed by atoms with Gasteiger partial charge in [0.15, 0.2) is 11.4 Å². The number of benzene rings is 2. The minimum Gasteiger partial charge on any atom is -0.479 e. The summed E-state index contributed by atoms with van der Waals surface area (Å²) in [6.45, 7) is 1.33. The van der Waals surface area contributed by atoms with Crippen molar-refractivity contribution in [1.29, 1.82) is 0 Å². The van der Waals surface area contributed by atoms with Crippen molar-refractivity contribution in [2.24, 2.45) is 5.10 Å². The van der Waals surface area contributed by atoms with Gasteiger partial charge in [-0.25, -0.2) is 27.4 Å². The Morgan fingerprint density at radius 2 is 1.73 bits per heavy atom. The first-order valence-corrected chi connectivity index (χ1v) is 9.72. The molecule has 0 bridgehead atoms. The largest absolute Gasteiger partial charge is 0.479 e. The molecule has 0 spiro atoms. The second-order valence-corrected chi connectivity index (χ2v) is 7.74. The second kappa shape index (κ2) is 7.24. The number of nitrogens with zero attached hydrogens (tertiary/aromatic N) is 2. The molecule has 30 heavy (non-hydrogen) atoms. The molecule has 154 valence electrons. The van der Waals surface area contributed by atoms with Crippen molar-refractivity contribution < 1.29 is 27.5 Å². The van der Waals surface area contributed by atoms with Gasteiger partial charge >= 0.3 is 5.97 Å². The Morgan fingerprint density at radius 1 is 1.07 bits per heavy atom. The van der Waals surface area contributed by atoms with Crippen molar-refractivity contribution in [1.82, 2.24) is 0 Å². The predicted molar refractivity (Wildman–Crippen MR) is 105 cm³/mol. The van der Waals surface area contributed by atoms with Gasteiger partial charge in [-0.2, -0.15) is 16.4 Å². The maximum atomic E-state index is 14.6. The Morgan fingerprint density at radius 3 is 2.30 bits per heavy atom. The van der Waals surface area contributed by atoms with Crippen LogP contribution < -0.4 is 5.01 Å². The van der Waals surface area contributed by atoms with E-state index in [2.05, 4.69) is 5.10 Å².